The molecule has 6 nitrogen and oxygen atoms in total. The van der Waals surface area contributed by atoms with E-state index < -0.39 is 0 Å². The van der Waals surface area contributed by atoms with Crippen molar-refractivity contribution in [3.63, 3.8) is 0 Å². The Hall–Kier alpha value is -3.51. The highest BCUT2D eigenvalue weighted by Gasteiger charge is 2.18. The van der Waals surface area contributed by atoms with E-state index in [1.807, 2.05) is 30.3 Å². The van der Waals surface area contributed by atoms with Crippen LogP contribution < -0.4 is 14.8 Å². The van der Waals surface area contributed by atoms with E-state index in [1.165, 1.54) is 0 Å². The first-order chi connectivity index (χ1) is 14.7. The van der Waals surface area contributed by atoms with Crippen molar-refractivity contribution < 1.29 is 18.8 Å². The van der Waals surface area contributed by atoms with Gasteiger partial charge >= 0.3 is 0 Å². The summed E-state index contributed by atoms with van der Waals surface area (Å²) >= 11 is 6.35. The lowest BCUT2D eigenvalue weighted by Crippen LogP contribution is -2.12. The number of carbonyl (C=O) groups excluding carboxylic acids is 1. The minimum absolute atomic E-state index is 0.298. The number of rotatable bonds is 3. The van der Waals surface area contributed by atoms with Crippen molar-refractivity contribution in [2.24, 2.45) is 0 Å². The van der Waals surface area contributed by atoms with Crippen molar-refractivity contribution in [1.29, 1.82) is 0 Å². The Morgan fingerprint density at radius 2 is 1.73 bits per heavy atom. The summed E-state index contributed by atoms with van der Waals surface area (Å²) in [5.74, 6) is 1.46. The first-order valence-electron chi connectivity index (χ1n) is 9.54. The molecule has 2 heterocycles. The molecule has 1 aliphatic heterocycles. The van der Waals surface area contributed by atoms with Crippen LogP contribution in [0.5, 0.6) is 11.5 Å². The molecule has 0 saturated heterocycles. The van der Waals surface area contributed by atoms with Gasteiger partial charge in [-0.3, -0.25) is 4.79 Å². The van der Waals surface area contributed by atoms with Crippen molar-refractivity contribution in [2.75, 3.05) is 18.5 Å². The molecule has 0 saturated carbocycles. The molecule has 0 radical (unpaired) electrons. The highest BCUT2D eigenvalue weighted by atomic mass is 35.5. The molecule has 3 aromatic carbocycles. The Morgan fingerprint density at radius 1 is 0.967 bits per heavy atom. The van der Waals surface area contributed by atoms with Crippen LogP contribution in [-0.2, 0) is 0 Å². The Morgan fingerprint density at radius 3 is 2.53 bits per heavy atom. The number of aromatic nitrogens is 1. The summed E-state index contributed by atoms with van der Waals surface area (Å²) in [6.07, 6.45) is 0.788. The molecule has 0 fully saturated rings. The maximum atomic E-state index is 12.9. The standard InChI is InChI=1S/C23H17ClN2O4/c24-17-12-20-21(29-10-4-9-28-20)13-19(17)25-23(27)15-7-8-18-16(11-15)22(30-26-18)14-5-2-1-3-6-14/h1-3,5-8,11-13H,4,9-10H2,(H,25,27). The van der Waals surface area contributed by atoms with E-state index in [1.54, 1.807) is 30.3 Å². The van der Waals surface area contributed by atoms with Crippen LogP contribution in [0.25, 0.3) is 22.2 Å². The maximum Gasteiger partial charge on any atom is 0.255 e. The normalized spacial score (nSPS) is 13.1. The molecule has 1 amide bonds. The highest BCUT2D eigenvalue weighted by Crippen LogP contribution is 2.38. The number of amides is 1. The zero-order valence-electron chi connectivity index (χ0n) is 15.9. The van der Waals surface area contributed by atoms with Crippen LogP contribution in [0.2, 0.25) is 5.02 Å². The lowest BCUT2D eigenvalue weighted by Gasteiger charge is -2.12. The zero-order chi connectivity index (χ0) is 20.5. The van der Waals surface area contributed by atoms with Gasteiger partial charge in [0.15, 0.2) is 17.3 Å². The van der Waals surface area contributed by atoms with Gasteiger partial charge in [-0.05, 0) is 18.2 Å². The first kappa shape index (κ1) is 18.5. The minimum atomic E-state index is -0.298. The summed E-state index contributed by atoms with van der Waals surface area (Å²) in [5.41, 5.74) is 2.49. The highest BCUT2D eigenvalue weighted by molar-refractivity contribution is 6.34. The average Bonchev–Trinajstić information content (AvgIpc) is 3.06. The molecule has 0 bridgehead atoms. The van der Waals surface area contributed by atoms with E-state index in [0.717, 1.165) is 17.4 Å². The molecule has 1 aliphatic rings. The monoisotopic (exact) mass is 420 g/mol. The van der Waals surface area contributed by atoms with Crippen LogP contribution in [0.15, 0.2) is 65.2 Å². The van der Waals surface area contributed by atoms with Gasteiger partial charge in [-0.1, -0.05) is 47.1 Å². The molecule has 1 aromatic heterocycles. The second-order valence-corrected chi connectivity index (χ2v) is 7.30. The molecular weight excluding hydrogens is 404 g/mol. The van der Waals surface area contributed by atoms with Crippen molar-refractivity contribution in [1.82, 2.24) is 5.16 Å². The maximum absolute atomic E-state index is 12.9. The SMILES string of the molecule is O=C(Nc1cc2c(cc1Cl)OCCCO2)c1ccc2noc(-c3ccccc3)c2c1. The largest absolute Gasteiger partial charge is 0.490 e. The second-order valence-electron chi connectivity index (χ2n) is 6.89. The molecule has 0 atom stereocenters. The van der Waals surface area contributed by atoms with Gasteiger partial charge in [-0.25, -0.2) is 0 Å². The summed E-state index contributed by atoms with van der Waals surface area (Å²) in [7, 11) is 0. The van der Waals surface area contributed by atoms with Gasteiger partial charge in [0.25, 0.3) is 5.91 Å². The quantitative estimate of drug-likeness (QED) is 0.469. The van der Waals surface area contributed by atoms with Crippen molar-refractivity contribution in [3.05, 3.63) is 71.2 Å². The third-order valence-electron chi connectivity index (χ3n) is 4.86. The van der Waals surface area contributed by atoms with Crippen molar-refractivity contribution >= 4 is 34.1 Å². The number of hydrogen-bond acceptors (Lipinski definition) is 5. The minimum Gasteiger partial charge on any atom is -0.490 e. The van der Waals surface area contributed by atoms with Crippen molar-refractivity contribution in [2.45, 2.75) is 6.42 Å². The third-order valence-corrected chi connectivity index (χ3v) is 5.17. The van der Waals surface area contributed by atoms with Gasteiger partial charge < -0.3 is 19.3 Å². The van der Waals surface area contributed by atoms with Crippen LogP contribution in [-0.4, -0.2) is 24.3 Å². The van der Waals surface area contributed by atoms with E-state index >= 15 is 0 Å². The van der Waals surface area contributed by atoms with E-state index in [4.69, 9.17) is 25.6 Å². The molecule has 0 spiro atoms. The fourth-order valence-corrected chi connectivity index (χ4v) is 3.56. The number of halogens is 1. The second kappa shape index (κ2) is 7.72. The van der Waals surface area contributed by atoms with Crippen molar-refractivity contribution in [3.8, 4) is 22.8 Å². The number of nitrogens with zero attached hydrogens (tertiary/aromatic N) is 1. The number of anilines is 1. The molecule has 5 rings (SSSR count). The smallest absolute Gasteiger partial charge is 0.255 e. The van der Waals surface area contributed by atoms with Crippen LogP contribution in [0.3, 0.4) is 0 Å². The number of carbonyl (C=O) groups is 1. The molecule has 30 heavy (non-hydrogen) atoms. The van der Waals surface area contributed by atoms with Crippen LogP contribution in [0.4, 0.5) is 5.69 Å². The Bertz CT molecular complexity index is 1240. The summed E-state index contributed by atoms with van der Waals surface area (Å²) in [6, 6.07) is 18.2. The fourth-order valence-electron chi connectivity index (χ4n) is 3.35. The number of ether oxygens (including phenoxy) is 2. The molecule has 4 aromatic rings. The van der Waals surface area contributed by atoms with Crippen LogP contribution in [0.1, 0.15) is 16.8 Å². The summed E-state index contributed by atoms with van der Waals surface area (Å²) < 4.78 is 16.8. The molecular formula is C23H17ClN2O4. The fraction of sp³-hybridized carbons (Fsp3) is 0.130. The van der Waals surface area contributed by atoms with Gasteiger partial charge in [-0.15, -0.1) is 0 Å². The number of nitrogens with one attached hydrogen (secondary N) is 1. The van der Waals surface area contributed by atoms with Gasteiger partial charge in [-0.2, -0.15) is 0 Å². The number of benzene rings is 3. The van der Waals surface area contributed by atoms with Gasteiger partial charge in [0, 0.05) is 29.7 Å². The van der Waals surface area contributed by atoms with Gasteiger partial charge in [0.1, 0.15) is 5.52 Å². The predicted molar refractivity (Wildman–Crippen MR) is 114 cm³/mol. The summed E-state index contributed by atoms with van der Waals surface area (Å²) in [5, 5.41) is 8.09. The molecule has 150 valence electrons. The first-order valence-corrected chi connectivity index (χ1v) is 9.92. The van der Waals surface area contributed by atoms with E-state index in [9.17, 15) is 4.79 Å². The van der Waals surface area contributed by atoms with E-state index in [0.29, 0.717) is 52.3 Å². The lowest BCUT2D eigenvalue weighted by molar-refractivity contribution is 0.102. The summed E-state index contributed by atoms with van der Waals surface area (Å²) in [4.78, 5) is 12.9. The van der Waals surface area contributed by atoms with E-state index in [-0.39, 0.29) is 5.91 Å². The van der Waals surface area contributed by atoms with E-state index in [2.05, 4.69) is 10.5 Å². The molecule has 7 heteroatoms. The lowest BCUT2D eigenvalue weighted by atomic mass is 10.1. The number of fused-ring (bicyclic) bond motifs is 2. The average molecular weight is 421 g/mol. The van der Waals surface area contributed by atoms with Crippen LogP contribution >= 0.6 is 11.6 Å². The predicted octanol–water partition coefficient (Wildman–Crippen LogP) is 5.56. The topological polar surface area (TPSA) is 73.6 Å². The Balaban J connectivity index is 1.46. The Kier molecular flexibility index (Phi) is 4.77. The number of hydrogen-bond donors (Lipinski definition) is 1. The van der Waals surface area contributed by atoms with Gasteiger partial charge in [0.2, 0.25) is 0 Å². The third kappa shape index (κ3) is 3.46. The van der Waals surface area contributed by atoms with Gasteiger partial charge in [0.05, 0.1) is 29.3 Å². The molecule has 0 unspecified atom stereocenters. The Labute approximate surface area is 177 Å². The van der Waals surface area contributed by atoms with Crippen LogP contribution in [0, 0.1) is 0 Å². The zero-order valence-corrected chi connectivity index (χ0v) is 16.6. The summed E-state index contributed by atoms with van der Waals surface area (Å²) in [6.45, 7) is 1.12. The molecule has 0 aliphatic carbocycles. The molecule has 1 N–H and O–H groups in total.